The quantitative estimate of drug-likeness (QED) is 0.553. The number of likely N-dealkylation sites (tertiary alicyclic amines) is 1. The molecule has 10 nitrogen and oxygen atoms in total. The number of piperidine rings is 1. The van der Waals surface area contributed by atoms with E-state index < -0.39 is 0 Å². The highest BCUT2D eigenvalue weighted by Crippen LogP contribution is 2.28. The summed E-state index contributed by atoms with van der Waals surface area (Å²) in [6.45, 7) is 9.31. The van der Waals surface area contributed by atoms with Crippen LogP contribution in [0.5, 0.6) is 0 Å². The van der Waals surface area contributed by atoms with Crippen LogP contribution in [0.1, 0.15) is 36.4 Å². The summed E-state index contributed by atoms with van der Waals surface area (Å²) in [5.74, 6) is 0.968. The molecule has 1 aliphatic heterocycles. The molecule has 0 saturated carbocycles. The largest absolute Gasteiger partial charge is 0.459 e. The standard InChI is InChI=1S/C22H29N7O3/c1-4-27-22(31)28(25-24-27)12-11-26-10-8-18(17(3)15-26)29(20-14-16(2)7-9-23-20)21(30)19-6-5-13-32-19/h5-7,9,13-14,17-18H,4,8,10-12,15H2,1-3H3. The van der Waals surface area contributed by atoms with Gasteiger partial charge in [-0.1, -0.05) is 6.92 Å². The molecule has 4 heterocycles. The van der Waals surface area contributed by atoms with E-state index in [0.29, 0.717) is 31.2 Å². The van der Waals surface area contributed by atoms with E-state index in [1.807, 2.05) is 26.0 Å². The Morgan fingerprint density at radius 2 is 2.06 bits per heavy atom. The first-order chi connectivity index (χ1) is 15.5. The second-order valence-corrected chi connectivity index (χ2v) is 8.28. The first-order valence-corrected chi connectivity index (χ1v) is 11.0. The van der Waals surface area contributed by atoms with Gasteiger partial charge in [0.25, 0.3) is 5.91 Å². The SMILES string of the molecule is CCn1nnn(CCN2CCC(N(C(=O)c3ccco3)c3cc(C)ccn3)C(C)C2)c1=O. The third-order valence-electron chi connectivity index (χ3n) is 6.00. The molecule has 1 saturated heterocycles. The monoisotopic (exact) mass is 439 g/mol. The molecule has 2 unspecified atom stereocenters. The van der Waals surface area contributed by atoms with E-state index in [2.05, 4.69) is 27.2 Å². The van der Waals surface area contributed by atoms with Gasteiger partial charge in [0.2, 0.25) is 0 Å². The molecule has 1 aliphatic rings. The molecule has 0 N–H and O–H groups in total. The van der Waals surface area contributed by atoms with Crippen LogP contribution < -0.4 is 10.6 Å². The van der Waals surface area contributed by atoms with Gasteiger partial charge in [-0.25, -0.2) is 9.78 Å². The fourth-order valence-corrected chi connectivity index (χ4v) is 4.28. The van der Waals surface area contributed by atoms with Crippen molar-refractivity contribution >= 4 is 11.7 Å². The third kappa shape index (κ3) is 4.50. The Labute approximate surface area is 186 Å². The number of carbonyl (C=O) groups is 1. The van der Waals surface area contributed by atoms with Crippen molar-refractivity contribution in [2.45, 2.75) is 46.3 Å². The molecule has 0 bridgehead atoms. The van der Waals surface area contributed by atoms with E-state index in [1.54, 1.807) is 23.2 Å². The lowest BCUT2D eigenvalue weighted by Crippen LogP contribution is -2.53. The molecule has 10 heteroatoms. The Bertz CT molecular complexity index is 1100. The Balaban J connectivity index is 1.48. The van der Waals surface area contributed by atoms with Crippen LogP contribution in [-0.2, 0) is 13.1 Å². The van der Waals surface area contributed by atoms with Crippen LogP contribution in [0.4, 0.5) is 5.82 Å². The number of amides is 1. The summed E-state index contributed by atoms with van der Waals surface area (Å²) in [7, 11) is 0. The molecule has 0 radical (unpaired) electrons. The zero-order valence-electron chi connectivity index (χ0n) is 18.7. The number of tetrazole rings is 1. The molecule has 0 aliphatic carbocycles. The van der Waals surface area contributed by atoms with E-state index in [-0.39, 0.29) is 23.6 Å². The van der Waals surface area contributed by atoms with Crippen molar-refractivity contribution in [2.75, 3.05) is 24.5 Å². The Morgan fingerprint density at radius 1 is 1.25 bits per heavy atom. The zero-order chi connectivity index (χ0) is 22.7. The van der Waals surface area contributed by atoms with Crippen molar-refractivity contribution < 1.29 is 9.21 Å². The number of furan rings is 1. The average Bonchev–Trinajstić information content (AvgIpc) is 3.44. The number of carbonyl (C=O) groups excluding carboxylic acids is 1. The third-order valence-corrected chi connectivity index (χ3v) is 6.00. The molecule has 3 aromatic rings. The number of hydrogen-bond donors (Lipinski definition) is 0. The van der Waals surface area contributed by atoms with E-state index >= 15 is 0 Å². The van der Waals surface area contributed by atoms with Gasteiger partial charge in [0.05, 0.1) is 12.8 Å². The zero-order valence-corrected chi connectivity index (χ0v) is 18.7. The number of hydrogen-bond acceptors (Lipinski definition) is 7. The van der Waals surface area contributed by atoms with Crippen LogP contribution in [0.3, 0.4) is 0 Å². The lowest BCUT2D eigenvalue weighted by atomic mass is 9.92. The minimum Gasteiger partial charge on any atom is -0.459 e. The summed E-state index contributed by atoms with van der Waals surface area (Å²) in [5, 5.41) is 7.82. The molecular weight excluding hydrogens is 410 g/mol. The topological polar surface area (TPSA) is 102 Å². The maximum absolute atomic E-state index is 13.3. The predicted molar refractivity (Wildman–Crippen MR) is 118 cm³/mol. The highest BCUT2D eigenvalue weighted by Gasteiger charge is 2.36. The van der Waals surface area contributed by atoms with Crippen LogP contribution in [0.25, 0.3) is 0 Å². The van der Waals surface area contributed by atoms with Crippen LogP contribution in [0, 0.1) is 12.8 Å². The fourth-order valence-electron chi connectivity index (χ4n) is 4.28. The van der Waals surface area contributed by atoms with Crippen molar-refractivity contribution in [3.05, 3.63) is 58.5 Å². The van der Waals surface area contributed by atoms with Crippen LogP contribution >= 0.6 is 0 Å². The van der Waals surface area contributed by atoms with Gasteiger partial charge in [0, 0.05) is 38.4 Å². The van der Waals surface area contributed by atoms with Crippen molar-refractivity contribution in [3.8, 4) is 0 Å². The lowest BCUT2D eigenvalue weighted by Gasteiger charge is -2.42. The van der Waals surface area contributed by atoms with Gasteiger partial charge in [-0.15, -0.1) is 0 Å². The Hall–Kier alpha value is -3.27. The lowest BCUT2D eigenvalue weighted by molar-refractivity contribution is 0.0901. The smallest absolute Gasteiger partial charge is 0.363 e. The molecule has 1 fully saturated rings. The van der Waals surface area contributed by atoms with E-state index in [0.717, 1.165) is 25.1 Å². The number of anilines is 1. The number of aryl methyl sites for hydroxylation is 2. The van der Waals surface area contributed by atoms with Gasteiger partial charge in [0.1, 0.15) is 5.82 Å². The molecule has 0 aromatic carbocycles. The van der Waals surface area contributed by atoms with Gasteiger partial charge in [-0.05, 0) is 66.4 Å². The summed E-state index contributed by atoms with van der Waals surface area (Å²) in [4.78, 5) is 34.1. The normalized spacial score (nSPS) is 19.2. The van der Waals surface area contributed by atoms with E-state index in [9.17, 15) is 9.59 Å². The summed E-state index contributed by atoms with van der Waals surface area (Å²) in [6.07, 6.45) is 4.03. The predicted octanol–water partition coefficient (Wildman–Crippen LogP) is 1.81. The first-order valence-electron chi connectivity index (χ1n) is 11.0. The maximum atomic E-state index is 13.3. The van der Waals surface area contributed by atoms with E-state index in [4.69, 9.17) is 4.42 Å². The van der Waals surface area contributed by atoms with Gasteiger partial charge in [0.15, 0.2) is 5.76 Å². The summed E-state index contributed by atoms with van der Waals surface area (Å²) in [5.41, 5.74) is 0.860. The molecule has 170 valence electrons. The van der Waals surface area contributed by atoms with Crippen LogP contribution in [-0.4, -0.2) is 61.3 Å². The minimum atomic E-state index is -0.184. The maximum Gasteiger partial charge on any atom is 0.363 e. The van der Waals surface area contributed by atoms with Gasteiger partial charge in [-0.3, -0.25) is 9.69 Å². The van der Waals surface area contributed by atoms with Gasteiger partial charge in [-0.2, -0.15) is 9.36 Å². The minimum absolute atomic E-state index is 0.0122. The molecule has 4 rings (SSSR count). The summed E-state index contributed by atoms with van der Waals surface area (Å²) < 4.78 is 8.16. The molecule has 0 spiro atoms. The fraction of sp³-hybridized carbons (Fsp3) is 0.500. The van der Waals surface area contributed by atoms with Gasteiger partial charge < -0.3 is 9.32 Å². The van der Waals surface area contributed by atoms with Crippen LogP contribution in [0.15, 0.2) is 45.9 Å². The number of aromatic nitrogens is 5. The molecular formula is C22H29N7O3. The molecule has 3 aromatic heterocycles. The van der Waals surface area contributed by atoms with Crippen LogP contribution in [0.2, 0.25) is 0 Å². The van der Waals surface area contributed by atoms with Gasteiger partial charge >= 0.3 is 5.69 Å². The number of rotatable bonds is 7. The Kier molecular flexibility index (Phi) is 6.50. The number of nitrogens with zero attached hydrogens (tertiary/aromatic N) is 7. The second-order valence-electron chi connectivity index (χ2n) is 8.28. The van der Waals surface area contributed by atoms with Crippen molar-refractivity contribution in [1.82, 2.24) is 29.7 Å². The van der Waals surface area contributed by atoms with Crippen molar-refractivity contribution in [1.29, 1.82) is 0 Å². The van der Waals surface area contributed by atoms with Crippen molar-refractivity contribution in [2.24, 2.45) is 5.92 Å². The second kappa shape index (κ2) is 9.47. The summed E-state index contributed by atoms with van der Waals surface area (Å²) in [6, 6.07) is 7.25. The summed E-state index contributed by atoms with van der Waals surface area (Å²) >= 11 is 0. The highest BCUT2D eigenvalue weighted by molar-refractivity contribution is 6.04. The number of pyridine rings is 1. The first kappa shape index (κ1) is 21.9. The highest BCUT2D eigenvalue weighted by atomic mass is 16.3. The van der Waals surface area contributed by atoms with Crippen molar-refractivity contribution in [3.63, 3.8) is 0 Å². The average molecular weight is 440 g/mol. The molecule has 2 atom stereocenters. The van der Waals surface area contributed by atoms with E-state index in [1.165, 1.54) is 15.6 Å². The molecule has 1 amide bonds. The Morgan fingerprint density at radius 3 is 2.72 bits per heavy atom. The molecule has 32 heavy (non-hydrogen) atoms.